The van der Waals surface area contributed by atoms with E-state index in [-0.39, 0.29) is 11.9 Å². The molecule has 1 aromatic carbocycles. The summed E-state index contributed by atoms with van der Waals surface area (Å²) >= 11 is 0. The smallest absolute Gasteiger partial charge is 0.254 e. The Balaban J connectivity index is 1.88. The van der Waals surface area contributed by atoms with E-state index in [4.69, 9.17) is 9.47 Å². The van der Waals surface area contributed by atoms with Crippen LogP contribution in [-0.4, -0.2) is 36.6 Å². The number of likely N-dealkylation sites (tertiary alicyclic amines) is 1. The molecule has 1 atom stereocenters. The molecule has 1 aliphatic rings. The molecule has 1 aliphatic heterocycles. The highest BCUT2D eigenvalue weighted by molar-refractivity contribution is 5.94. The van der Waals surface area contributed by atoms with Gasteiger partial charge in [-0.25, -0.2) is 0 Å². The van der Waals surface area contributed by atoms with Gasteiger partial charge in [0.2, 0.25) is 0 Å². The van der Waals surface area contributed by atoms with Gasteiger partial charge < -0.3 is 14.4 Å². The van der Waals surface area contributed by atoms with E-state index in [0.29, 0.717) is 17.1 Å². The van der Waals surface area contributed by atoms with Gasteiger partial charge in [0.1, 0.15) is 0 Å². The molecule has 1 unspecified atom stereocenters. The third kappa shape index (κ3) is 2.99. The SMILES string of the molecule is COc1ccc(C2CCCN2C(=O)c2ccncc2)cc1OC. The van der Waals surface area contributed by atoms with Crippen LogP contribution in [0.5, 0.6) is 11.5 Å². The van der Waals surface area contributed by atoms with E-state index >= 15 is 0 Å². The number of amides is 1. The van der Waals surface area contributed by atoms with Crippen LogP contribution in [0, 0.1) is 0 Å². The van der Waals surface area contributed by atoms with Crippen molar-refractivity contribution < 1.29 is 14.3 Å². The van der Waals surface area contributed by atoms with E-state index in [9.17, 15) is 4.79 Å². The molecule has 5 nitrogen and oxygen atoms in total. The fraction of sp³-hybridized carbons (Fsp3) is 0.333. The van der Waals surface area contributed by atoms with Crippen LogP contribution in [-0.2, 0) is 0 Å². The van der Waals surface area contributed by atoms with Gasteiger partial charge >= 0.3 is 0 Å². The average molecular weight is 312 g/mol. The Morgan fingerprint density at radius 1 is 1.13 bits per heavy atom. The minimum Gasteiger partial charge on any atom is -0.493 e. The fourth-order valence-electron chi connectivity index (χ4n) is 3.08. The topological polar surface area (TPSA) is 51.7 Å². The number of aromatic nitrogens is 1. The lowest BCUT2D eigenvalue weighted by atomic mass is 10.0. The molecule has 0 spiro atoms. The van der Waals surface area contributed by atoms with E-state index < -0.39 is 0 Å². The maximum absolute atomic E-state index is 12.8. The predicted octanol–water partition coefficient (Wildman–Crippen LogP) is 3.08. The first-order chi connectivity index (χ1) is 11.2. The van der Waals surface area contributed by atoms with Crippen molar-refractivity contribution in [2.45, 2.75) is 18.9 Å². The minimum atomic E-state index is 0.0460. The van der Waals surface area contributed by atoms with Crippen molar-refractivity contribution in [3.05, 3.63) is 53.9 Å². The third-order valence-electron chi connectivity index (χ3n) is 4.23. The summed E-state index contributed by atoms with van der Waals surface area (Å²) in [6.07, 6.45) is 5.24. The zero-order chi connectivity index (χ0) is 16.2. The lowest BCUT2D eigenvalue weighted by Gasteiger charge is -2.25. The van der Waals surface area contributed by atoms with Crippen LogP contribution in [0.3, 0.4) is 0 Å². The molecule has 23 heavy (non-hydrogen) atoms. The normalized spacial score (nSPS) is 17.1. The molecular weight excluding hydrogens is 292 g/mol. The number of rotatable bonds is 4. The lowest BCUT2D eigenvalue weighted by molar-refractivity contribution is 0.0735. The number of benzene rings is 1. The summed E-state index contributed by atoms with van der Waals surface area (Å²) in [5, 5.41) is 0. The summed E-state index contributed by atoms with van der Waals surface area (Å²) in [6.45, 7) is 0.764. The molecule has 1 amide bonds. The van der Waals surface area contributed by atoms with E-state index in [1.807, 2.05) is 23.1 Å². The first-order valence-corrected chi connectivity index (χ1v) is 7.67. The zero-order valence-corrected chi connectivity index (χ0v) is 13.4. The highest BCUT2D eigenvalue weighted by atomic mass is 16.5. The molecule has 1 fully saturated rings. The Bertz CT molecular complexity index is 688. The quantitative estimate of drug-likeness (QED) is 0.870. The second-order valence-electron chi connectivity index (χ2n) is 5.51. The van der Waals surface area contributed by atoms with Crippen LogP contribution in [0.15, 0.2) is 42.7 Å². The van der Waals surface area contributed by atoms with E-state index in [0.717, 1.165) is 24.9 Å². The van der Waals surface area contributed by atoms with Gasteiger partial charge in [-0.15, -0.1) is 0 Å². The van der Waals surface area contributed by atoms with Crippen LogP contribution >= 0.6 is 0 Å². The van der Waals surface area contributed by atoms with Gasteiger partial charge in [0.05, 0.1) is 20.3 Å². The monoisotopic (exact) mass is 312 g/mol. The maximum atomic E-state index is 12.8. The largest absolute Gasteiger partial charge is 0.493 e. The second kappa shape index (κ2) is 6.69. The molecule has 0 radical (unpaired) electrons. The summed E-state index contributed by atoms with van der Waals surface area (Å²) in [6, 6.07) is 9.43. The zero-order valence-electron chi connectivity index (χ0n) is 13.4. The number of ether oxygens (including phenoxy) is 2. The summed E-state index contributed by atoms with van der Waals surface area (Å²) in [5.41, 5.74) is 1.75. The molecule has 5 heteroatoms. The molecule has 0 bridgehead atoms. The van der Waals surface area contributed by atoms with Crippen molar-refractivity contribution in [3.63, 3.8) is 0 Å². The van der Waals surface area contributed by atoms with E-state index in [1.54, 1.807) is 38.7 Å². The number of carbonyl (C=O) groups is 1. The molecule has 120 valence electrons. The van der Waals surface area contributed by atoms with Crippen LogP contribution in [0.4, 0.5) is 0 Å². The molecule has 2 heterocycles. The predicted molar refractivity (Wildman–Crippen MR) is 86.8 cm³/mol. The molecule has 1 saturated heterocycles. The number of hydrogen-bond donors (Lipinski definition) is 0. The lowest BCUT2D eigenvalue weighted by Crippen LogP contribution is -2.30. The maximum Gasteiger partial charge on any atom is 0.254 e. The summed E-state index contributed by atoms with van der Waals surface area (Å²) in [4.78, 5) is 18.6. The van der Waals surface area contributed by atoms with Gasteiger partial charge in [0, 0.05) is 24.5 Å². The van der Waals surface area contributed by atoms with E-state index in [1.165, 1.54) is 0 Å². The summed E-state index contributed by atoms with van der Waals surface area (Å²) < 4.78 is 10.7. The standard InChI is InChI=1S/C18H20N2O3/c1-22-16-6-5-14(12-17(16)23-2)15-4-3-11-20(15)18(21)13-7-9-19-10-8-13/h5-10,12,15H,3-4,11H2,1-2H3. The van der Waals surface area contributed by atoms with Crippen LogP contribution < -0.4 is 9.47 Å². The molecule has 0 aliphatic carbocycles. The number of nitrogens with zero attached hydrogens (tertiary/aromatic N) is 2. The first kappa shape index (κ1) is 15.3. The number of carbonyl (C=O) groups excluding carboxylic acids is 1. The second-order valence-corrected chi connectivity index (χ2v) is 5.51. The molecule has 0 saturated carbocycles. The fourth-order valence-corrected chi connectivity index (χ4v) is 3.08. The van der Waals surface area contributed by atoms with Gasteiger partial charge in [0.15, 0.2) is 11.5 Å². The molecule has 2 aromatic rings. The van der Waals surface area contributed by atoms with Gasteiger partial charge in [0.25, 0.3) is 5.91 Å². The summed E-state index contributed by atoms with van der Waals surface area (Å²) in [5.74, 6) is 1.43. The van der Waals surface area contributed by atoms with Gasteiger partial charge in [-0.1, -0.05) is 6.07 Å². The number of pyridine rings is 1. The van der Waals surface area contributed by atoms with Crippen LogP contribution in [0.1, 0.15) is 34.8 Å². The van der Waals surface area contributed by atoms with Crippen LogP contribution in [0.2, 0.25) is 0 Å². The van der Waals surface area contributed by atoms with Crippen molar-refractivity contribution in [2.24, 2.45) is 0 Å². The Morgan fingerprint density at radius 3 is 2.57 bits per heavy atom. The van der Waals surface area contributed by atoms with Crippen molar-refractivity contribution in [3.8, 4) is 11.5 Å². The Hall–Kier alpha value is -2.56. The average Bonchev–Trinajstić information content (AvgIpc) is 3.10. The first-order valence-electron chi connectivity index (χ1n) is 7.67. The van der Waals surface area contributed by atoms with Crippen molar-refractivity contribution >= 4 is 5.91 Å². The highest BCUT2D eigenvalue weighted by Gasteiger charge is 2.31. The van der Waals surface area contributed by atoms with E-state index in [2.05, 4.69) is 4.98 Å². The Morgan fingerprint density at radius 2 is 1.87 bits per heavy atom. The third-order valence-corrected chi connectivity index (χ3v) is 4.23. The number of hydrogen-bond acceptors (Lipinski definition) is 4. The van der Waals surface area contributed by atoms with Gasteiger partial charge in [-0.2, -0.15) is 0 Å². The van der Waals surface area contributed by atoms with Crippen molar-refractivity contribution in [1.29, 1.82) is 0 Å². The summed E-state index contributed by atoms with van der Waals surface area (Å²) in [7, 11) is 3.24. The van der Waals surface area contributed by atoms with Crippen molar-refractivity contribution in [1.82, 2.24) is 9.88 Å². The van der Waals surface area contributed by atoms with Gasteiger partial charge in [-0.05, 0) is 42.7 Å². The molecule has 0 N–H and O–H groups in total. The van der Waals surface area contributed by atoms with Crippen LogP contribution in [0.25, 0.3) is 0 Å². The van der Waals surface area contributed by atoms with Gasteiger partial charge in [-0.3, -0.25) is 9.78 Å². The highest BCUT2D eigenvalue weighted by Crippen LogP contribution is 2.37. The Kier molecular flexibility index (Phi) is 4.46. The molecule has 1 aromatic heterocycles. The number of methoxy groups -OCH3 is 2. The van der Waals surface area contributed by atoms with Crippen molar-refractivity contribution in [2.75, 3.05) is 20.8 Å². The molecular formula is C18H20N2O3. The minimum absolute atomic E-state index is 0.0460. The Labute approximate surface area is 135 Å². The molecule has 3 rings (SSSR count).